The van der Waals surface area contributed by atoms with Crippen LogP contribution < -0.4 is 4.74 Å². The zero-order valence-corrected chi connectivity index (χ0v) is 10.0. The lowest BCUT2D eigenvalue weighted by atomic mass is 10.2. The van der Waals surface area contributed by atoms with Crippen LogP contribution in [0.1, 0.15) is 19.4 Å². The summed E-state index contributed by atoms with van der Waals surface area (Å²) in [6.07, 6.45) is -0.0279. The first-order chi connectivity index (χ1) is 7.09. The quantitative estimate of drug-likeness (QED) is 0.684. The Labute approximate surface area is 98.9 Å². The Morgan fingerprint density at radius 1 is 1.27 bits per heavy atom. The number of rotatable bonds is 0. The molecule has 0 bridgehead atoms. The van der Waals surface area contributed by atoms with Crippen molar-refractivity contribution in [3.8, 4) is 5.75 Å². The molecule has 0 spiro atoms. The molecule has 1 heterocycles. The third kappa shape index (κ3) is 1.97. The topological polar surface area (TPSA) is 21.6 Å². The van der Waals surface area contributed by atoms with Crippen molar-refractivity contribution in [3.05, 3.63) is 28.8 Å². The molecule has 0 N–H and O–H groups in total. The summed E-state index contributed by atoms with van der Waals surface area (Å²) in [7, 11) is 0. The van der Waals surface area contributed by atoms with Gasteiger partial charge in [0.15, 0.2) is 0 Å². The average Bonchev–Trinajstić information content (AvgIpc) is 2.29. The number of ether oxygens (including phenoxy) is 1. The van der Waals surface area contributed by atoms with E-state index in [0.717, 1.165) is 5.56 Å². The Morgan fingerprint density at radius 2 is 2.00 bits per heavy atom. The van der Waals surface area contributed by atoms with Gasteiger partial charge in [0.25, 0.3) is 0 Å². The second kappa shape index (κ2) is 4.03. The summed E-state index contributed by atoms with van der Waals surface area (Å²) in [4.78, 5) is 4.34. The molecule has 1 aliphatic heterocycles. The van der Waals surface area contributed by atoms with Crippen LogP contribution in [-0.2, 0) is 0 Å². The molecule has 80 valence electrons. The summed E-state index contributed by atoms with van der Waals surface area (Å²) in [5.41, 5.74) is 0.764. The highest BCUT2D eigenvalue weighted by molar-refractivity contribution is 6.70. The molecule has 2 rings (SSSR count). The fourth-order valence-electron chi connectivity index (χ4n) is 1.43. The number of aliphatic imine (C=N–C) groups is 1. The SMILES string of the molecule is C[C@@H]1N=C(Cl)c2cccc(Cl)c2O[C@H]1C. The second-order valence-electron chi connectivity index (χ2n) is 3.60. The molecule has 1 aliphatic rings. The van der Waals surface area contributed by atoms with E-state index in [1.807, 2.05) is 26.0 Å². The lowest BCUT2D eigenvalue weighted by Gasteiger charge is -2.16. The van der Waals surface area contributed by atoms with Crippen LogP contribution in [0.25, 0.3) is 0 Å². The molecular formula is C11H11Cl2NO. The molecule has 4 heteroatoms. The van der Waals surface area contributed by atoms with Crippen LogP contribution in [0, 0.1) is 0 Å². The molecule has 15 heavy (non-hydrogen) atoms. The summed E-state index contributed by atoms with van der Waals surface area (Å²) in [6.45, 7) is 3.92. The first kappa shape index (κ1) is 10.8. The van der Waals surface area contributed by atoms with E-state index in [1.165, 1.54) is 0 Å². The van der Waals surface area contributed by atoms with Crippen molar-refractivity contribution >= 4 is 28.4 Å². The molecule has 1 aromatic carbocycles. The van der Waals surface area contributed by atoms with Gasteiger partial charge in [-0.1, -0.05) is 29.3 Å². The predicted molar refractivity (Wildman–Crippen MR) is 63.4 cm³/mol. The minimum absolute atomic E-state index is 0.0279. The van der Waals surface area contributed by atoms with Gasteiger partial charge in [-0.25, -0.2) is 0 Å². The van der Waals surface area contributed by atoms with E-state index in [-0.39, 0.29) is 12.1 Å². The fraction of sp³-hybridized carbons (Fsp3) is 0.364. The number of hydrogen-bond donors (Lipinski definition) is 0. The highest BCUT2D eigenvalue weighted by Crippen LogP contribution is 2.33. The van der Waals surface area contributed by atoms with E-state index in [2.05, 4.69) is 4.99 Å². The van der Waals surface area contributed by atoms with Crippen molar-refractivity contribution in [2.24, 2.45) is 4.99 Å². The van der Waals surface area contributed by atoms with Crippen molar-refractivity contribution in [1.82, 2.24) is 0 Å². The average molecular weight is 244 g/mol. The first-order valence-corrected chi connectivity index (χ1v) is 5.54. The Hall–Kier alpha value is -0.730. The maximum atomic E-state index is 6.10. The normalized spacial score (nSPS) is 24.9. The van der Waals surface area contributed by atoms with Crippen LogP contribution in [0.4, 0.5) is 0 Å². The fourth-order valence-corrected chi connectivity index (χ4v) is 1.95. The summed E-state index contributed by atoms with van der Waals surface area (Å²) in [6, 6.07) is 5.51. The van der Waals surface area contributed by atoms with Crippen LogP contribution in [-0.4, -0.2) is 17.3 Å². The maximum absolute atomic E-state index is 6.10. The van der Waals surface area contributed by atoms with Gasteiger partial charge in [-0.3, -0.25) is 4.99 Å². The van der Waals surface area contributed by atoms with Crippen molar-refractivity contribution in [1.29, 1.82) is 0 Å². The van der Waals surface area contributed by atoms with Gasteiger partial charge in [0, 0.05) is 0 Å². The largest absolute Gasteiger partial charge is 0.486 e. The number of hydrogen-bond acceptors (Lipinski definition) is 2. The summed E-state index contributed by atoms with van der Waals surface area (Å²) in [5, 5.41) is 1.03. The minimum Gasteiger partial charge on any atom is -0.486 e. The van der Waals surface area contributed by atoms with Crippen molar-refractivity contribution in [3.63, 3.8) is 0 Å². The monoisotopic (exact) mass is 243 g/mol. The smallest absolute Gasteiger partial charge is 0.148 e. The standard InChI is InChI=1S/C11H11Cl2NO/c1-6-7(2)15-10-8(11(13)14-6)4-3-5-9(10)12/h3-7H,1-2H3/t6-,7-/m0/s1. The predicted octanol–water partition coefficient (Wildman–Crippen LogP) is 3.49. The van der Waals surface area contributed by atoms with Gasteiger partial charge in [0.05, 0.1) is 16.6 Å². The van der Waals surface area contributed by atoms with E-state index < -0.39 is 0 Å². The molecule has 0 fully saturated rings. The molecule has 0 aromatic heterocycles. The molecule has 2 nitrogen and oxygen atoms in total. The van der Waals surface area contributed by atoms with Gasteiger partial charge in [0.2, 0.25) is 0 Å². The summed E-state index contributed by atoms with van der Waals surface area (Å²) >= 11 is 12.1. The molecule has 1 aromatic rings. The van der Waals surface area contributed by atoms with Crippen LogP contribution in [0.5, 0.6) is 5.75 Å². The van der Waals surface area contributed by atoms with Crippen molar-refractivity contribution < 1.29 is 4.74 Å². The molecule has 0 aliphatic carbocycles. The molecule has 2 atom stereocenters. The Morgan fingerprint density at radius 3 is 2.73 bits per heavy atom. The van der Waals surface area contributed by atoms with E-state index in [4.69, 9.17) is 27.9 Å². The minimum atomic E-state index is -0.0279. The lowest BCUT2D eigenvalue weighted by molar-refractivity contribution is 0.200. The van der Waals surface area contributed by atoms with Gasteiger partial charge < -0.3 is 4.74 Å². The zero-order chi connectivity index (χ0) is 11.0. The van der Waals surface area contributed by atoms with Gasteiger partial charge >= 0.3 is 0 Å². The number of nitrogens with zero attached hydrogens (tertiary/aromatic N) is 1. The van der Waals surface area contributed by atoms with Crippen LogP contribution >= 0.6 is 23.2 Å². The number of benzene rings is 1. The van der Waals surface area contributed by atoms with Gasteiger partial charge in [-0.2, -0.15) is 0 Å². The first-order valence-electron chi connectivity index (χ1n) is 4.78. The van der Waals surface area contributed by atoms with Gasteiger partial charge in [0.1, 0.15) is 17.0 Å². The third-order valence-corrected chi connectivity index (χ3v) is 3.09. The summed E-state index contributed by atoms with van der Waals surface area (Å²) in [5.74, 6) is 0.629. The zero-order valence-electron chi connectivity index (χ0n) is 8.50. The van der Waals surface area contributed by atoms with Gasteiger partial charge in [-0.15, -0.1) is 0 Å². The molecule has 0 saturated heterocycles. The van der Waals surface area contributed by atoms with Crippen LogP contribution in [0.15, 0.2) is 23.2 Å². The van der Waals surface area contributed by atoms with Crippen molar-refractivity contribution in [2.45, 2.75) is 26.0 Å². The van der Waals surface area contributed by atoms with E-state index in [0.29, 0.717) is 15.9 Å². The molecule has 0 unspecified atom stereocenters. The van der Waals surface area contributed by atoms with E-state index in [9.17, 15) is 0 Å². The Balaban J connectivity index is 2.57. The van der Waals surface area contributed by atoms with E-state index >= 15 is 0 Å². The Bertz CT molecular complexity index is 417. The van der Waals surface area contributed by atoms with Gasteiger partial charge in [-0.05, 0) is 26.0 Å². The molecule has 0 radical (unpaired) electrons. The second-order valence-corrected chi connectivity index (χ2v) is 4.37. The lowest BCUT2D eigenvalue weighted by Crippen LogP contribution is -2.23. The number of fused-ring (bicyclic) bond motifs is 1. The summed E-state index contributed by atoms with van der Waals surface area (Å²) < 4.78 is 5.74. The van der Waals surface area contributed by atoms with Crippen molar-refractivity contribution in [2.75, 3.05) is 0 Å². The number of halogens is 2. The van der Waals surface area contributed by atoms with E-state index in [1.54, 1.807) is 6.07 Å². The molecule has 0 saturated carbocycles. The number of para-hydroxylation sites is 1. The maximum Gasteiger partial charge on any atom is 0.148 e. The molecular weight excluding hydrogens is 233 g/mol. The highest BCUT2D eigenvalue weighted by Gasteiger charge is 2.23. The highest BCUT2D eigenvalue weighted by atomic mass is 35.5. The molecule has 0 amide bonds. The van der Waals surface area contributed by atoms with Crippen LogP contribution in [0.3, 0.4) is 0 Å². The van der Waals surface area contributed by atoms with Crippen LogP contribution in [0.2, 0.25) is 5.02 Å². The Kier molecular flexibility index (Phi) is 2.89. The third-order valence-electron chi connectivity index (χ3n) is 2.49.